The summed E-state index contributed by atoms with van der Waals surface area (Å²) in [6, 6.07) is 15.3. The molecule has 0 spiro atoms. The van der Waals surface area contributed by atoms with Gasteiger partial charge in [0.15, 0.2) is 11.5 Å². The molecule has 2 aromatic carbocycles. The van der Waals surface area contributed by atoms with Crippen LogP contribution in [-0.2, 0) is 13.0 Å². The zero-order valence-electron chi connectivity index (χ0n) is 18.2. The lowest BCUT2D eigenvalue weighted by molar-refractivity contribution is 0.112. The molecule has 1 aliphatic rings. The van der Waals surface area contributed by atoms with Crippen molar-refractivity contribution in [1.82, 2.24) is 9.80 Å². The number of likely N-dealkylation sites (tertiary alicyclic amines) is 1. The third kappa shape index (κ3) is 5.43. The van der Waals surface area contributed by atoms with Crippen LogP contribution in [-0.4, -0.2) is 63.9 Å². The standard InChI is InChI=1S/C24H34N2O3/c1-25(17-20-12-13-22(27-2)24(29-4)23(20)28-3)21-11-8-15-26(18-21)16-14-19-9-6-5-7-10-19/h5-7,9-10,12-13,21H,8,11,14-18H2,1-4H3/t21-/m1/s1. The smallest absolute Gasteiger partial charge is 0.203 e. The molecule has 1 fully saturated rings. The zero-order chi connectivity index (χ0) is 20.6. The monoisotopic (exact) mass is 398 g/mol. The van der Waals surface area contributed by atoms with Crippen molar-refractivity contribution in [3.8, 4) is 17.2 Å². The van der Waals surface area contributed by atoms with Gasteiger partial charge in [0.25, 0.3) is 0 Å². The summed E-state index contributed by atoms with van der Waals surface area (Å²) in [5, 5.41) is 0. The lowest BCUT2D eigenvalue weighted by Crippen LogP contribution is -2.46. The second-order valence-corrected chi connectivity index (χ2v) is 7.74. The minimum atomic E-state index is 0.539. The average Bonchev–Trinajstić information content (AvgIpc) is 2.78. The van der Waals surface area contributed by atoms with E-state index >= 15 is 0 Å². The van der Waals surface area contributed by atoms with E-state index in [-0.39, 0.29) is 0 Å². The SMILES string of the molecule is COc1ccc(CN(C)[C@@H]2CCCN(CCc3ccccc3)C2)c(OC)c1OC. The van der Waals surface area contributed by atoms with Crippen molar-refractivity contribution in [2.75, 3.05) is 48.0 Å². The van der Waals surface area contributed by atoms with Crippen molar-refractivity contribution >= 4 is 0 Å². The molecule has 0 N–H and O–H groups in total. The molecular weight excluding hydrogens is 364 g/mol. The Balaban J connectivity index is 1.62. The molecule has 0 unspecified atom stereocenters. The van der Waals surface area contributed by atoms with Crippen LogP contribution in [0.3, 0.4) is 0 Å². The Morgan fingerprint density at radius 2 is 1.72 bits per heavy atom. The highest BCUT2D eigenvalue weighted by molar-refractivity contribution is 5.55. The van der Waals surface area contributed by atoms with Gasteiger partial charge in [-0.1, -0.05) is 36.4 Å². The van der Waals surface area contributed by atoms with Gasteiger partial charge >= 0.3 is 0 Å². The van der Waals surface area contributed by atoms with E-state index in [1.165, 1.54) is 24.9 Å². The van der Waals surface area contributed by atoms with Crippen LogP contribution < -0.4 is 14.2 Å². The van der Waals surface area contributed by atoms with E-state index in [2.05, 4.69) is 53.2 Å². The van der Waals surface area contributed by atoms with Gasteiger partial charge in [-0.05, 0) is 44.5 Å². The fourth-order valence-electron chi connectivity index (χ4n) is 4.21. The molecule has 29 heavy (non-hydrogen) atoms. The molecule has 2 aromatic rings. The van der Waals surface area contributed by atoms with E-state index in [1.54, 1.807) is 21.3 Å². The maximum atomic E-state index is 5.66. The number of likely N-dealkylation sites (N-methyl/N-ethyl adjacent to an activating group) is 1. The van der Waals surface area contributed by atoms with Crippen LogP contribution in [0.5, 0.6) is 17.2 Å². The topological polar surface area (TPSA) is 34.2 Å². The Hall–Kier alpha value is -2.24. The first-order chi connectivity index (χ1) is 14.2. The first kappa shape index (κ1) is 21.5. The van der Waals surface area contributed by atoms with Gasteiger partial charge in [-0.15, -0.1) is 0 Å². The molecule has 0 saturated carbocycles. The number of ether oxygens (including phenoxy) is 3. The second kappa shape index (κ2) is 10.5. The maximum absolute atomic E-state index is 5.66. The molecule has 158 valence electrons. The van der Waals surface area contributed by atoms with Crippen LogP contribution in [0, 0.1) is 0 Å². The Morgan fingerprint density at radius 3 is 2.41 bits per heavy atom. The molecule has 3 rings (SSSR count). The van der Waals surface area contributed by atoms with Crippen LogP contribution in [0.25, 0.3) is 0 Å². The van der Waals surface area contributed by atoms with Crippen molar-refractivity contribution in [2.45, 2.75) is 31.8 Å². The molecular formula is C24H34N2O3. The largest absolute Gasteiger partial charge is 0.493 e. The molecule has 0 bridgehead atoms. The van der Waals surface area contributed by atoms with Gasteiger partial charge in [0.05, 0.1) is 21.3 Å². The molecule has 1 atom stereocenters. The highest BCUT2D eigenvalue weighted by Crippen LogP contribution is 2.40. The maximum Gasteiger partial charge on any atom is 0.203 e. The third-order valence-corrected chi connectivity index (χ3v) is 5.87. The number of rotatable bonds is 9. The van der Waals surface area contributed by atoms with Gasteiger partial charge in [0.2, 0.25) is 5.75 Å². The van der Waals surface area contributed by atoms with Crippen molar-refractivity contribution in [3.63, 3.8) is 0 Å². The van der Waals surface area contributed by atoms with Crippen LogP contribution >= 0.6 is 0 Å². The normalized spacial score (nSPS) is 17.3. The summed E-state index contributed by atoms with van der Waals surface area (Å²) in [5.41, 5.74) is 2.53. The fourth-order valence-corrected chi connectivity index (χ4v) is 4.21. The third-order valence-electron chi connectivity index (χ3n) is 5.87. The van der Waals surface area contributed by atoms with E-state index in [4.69, 9.17) is 14.2 Å². The summed E-state index contributed by atoms with van der Waals surface area (Å²) >= 11 is 0. The predicted molar refractivity (Wildman–Crippen MR) is 117 cm³/mol. The highest BCUT2D eigenvalue weighted by atomic mass is 16.5. The molecule has 0 amide bonds. The van der Waals surface area contributed by atoms with E-state index in [0.717, 1.165) is 37.4 Å². The van der Waals surface area contributed by atoms with Crippen molar-refractivity contribution in [2.24, 2.45) is 0 Å². The van der Waals surface area contributed by atoms with Crippen molar-refractivity contribution in [1.29, 1.82) is 0 Å². The highest BCUT2D eigenvalue weighted by Gasteiger charge is 2.25. The van der Waals surface area contributed by atoms with Crippen LogP contribution in [0.4, 0.5) is 0 Å². The Bertz CT molecular complexity index is 766. The molecule has 0 radical (unpaired) electrons. The van der Waals surface area contributed by atoms with Crippen LogP contribution in [0.15, 0.2) is 42.5 Å². The summed E-state index contributed by atoms with van der Waals surface area (Å²) in [7, 11) is 7.20. The number of methoxy groups -OCH3 is 3. The summed E-state index contributed by atoms with van der Waals surface area (Å²) < 4.78 is 16.6. The van der Waals surface area contributed by atoms with Crippen molar-refractivity contribution in [3.05, 3.63) is 53.6 Å². The molecule has 5 heteroatoms. The quantitative estimate of drug-likeness (QED) is 0.641. The van der Waals surface area contributed by atoms with Crippen LogP contribution in [0.2, 0.25) is 0 Å². The Kier molecular flexibility index (Phi) is 7.78. The molecule has 1 heterocycles. The lowest BCUT2D eigenvalue weighted by Gasteiger charge is -2.38. The second-order valence-electron chi connectivity index (χ2n) is 7.74. The Labute approximate surface area is 175 Å². The number of hydrogen-bond donors (Lipinski definition) is 0. The molecule has 1 aliphatic heterocycles. The van der Waals surface area contributed by atoms with Gasteiger partial charge in [-0.3, -0.25) is 4.90 Å². The number of hydrogen-bond acceptors (Lipinski definition) is 5. The van der Waals surface area contributed by atoms with Gasteiger partial charge in [-0.25, -0.2) is 0 Å². The number of piperidine rings is 1. The summed E-state index contributed by atoms with van der Waals surface area (Å²) in [6.07, 6.45) is 3.58. The minimum Gasteiger partial charge on any atom is -0.493 e. The molecule has 5 nitrogen and oxygen atoms in total. The first-order valence-electron chi connectivity index (χ1n) is 10.4. The summed E-state index contributed by atoms with van der Waals surface area (Å²) in [5.74, 6) is 2.12. The Morgan fingerprint density at radius 1 is 0.966 bits per heavy atom. The van der Waals surface area contributed by atoms with Crippen LogP contribution in [0.1, 0.15) is 24.0 Å². The van der Waals surface area contributed by atoms with E-state index in [9.17, 15) is 0 Å². The summed E-state index contributed by atoms with van der Waals surface area (Å²) in [6.45, 7) is 4.24. The van der Waals surface area contributed by atoms with Gasteiger partial charge in [0, 0.05) is 31.2 Å². The number of benzene rings is 2. The number of nitrogens with zero attached hydrogens (tertiary/aromatic N) is 2. The van der Waals surface area contributed by atoms with Gasteiger partial charge in [-0.2, -0.15) is 0 Å². The molecule has 0 aliphatic carbocycles. The first-order valence-corrected chi connectivity index (χ1v) is 10.4. The van der Waals surface area contributed by atoms with Gasteiger partial charge < -0.3 is 19.1 Å². The summed E-state index contributed by atoms with van der Waals surface area (Å²) in [4.78, 5) is 5.04. The van der Waals surface area contributed by atoms with E-state index in [0.29, 0.717) is 17.5 Å². The predicted octanol–water partition coefficient (Wildman–Crippen LogP) is 3.85. The van der Waals surface area contributed by atoms with E-state index in [1.807, 2.05) is 6.07 Å². The van der Waals surface area contributed by atoms with E-state index < -0.39 is 0 Å². The molecule has 0 aromatic heterocycles. The zero-order valence-corrected chi connectivity index (χ0v) is 18.2. The average molecular weight is 399 g/mol. The fraction of sp³-hybridized carbons (Fsp3) is 0.500. The lowest BCUT2D eigenvalue weighted by atomic mass is 10.0. The van der Waals surface area contributed by atoms with Gasteiger partial charge in [0.1, 0.15) is 0 Å². The minimum absolute atomic E-state index is 0.539. The molecule has 1 saturated heterocycles. The van der Waals surface area contributed by atoms with Crippen molar-refractivity contribution < 1.29 is 14.2 Å².